The van der Waals surface area contributed by atoms with Crippen LogP contribution in [0, 0.1) is 11.8 Å². The van der Waals surface area contributed by atoms with E-state index in [1.807, 2.05) is 6.07 Å². The summed E-state index contributed by atoms with van der Waals surface area (Å²) in [7, 11) is -3.28. The molecule has 0 aliphatic carbocycles. The Bertz CT molecular complexity index is 494. The summed E-state index contributed by atoms with van der Waals surface area (Å²) in [5.74, 6) is 0.988. The Morgan fingerprint density at radius 2 is 1.61 bits per heavy atom. The summed E-state index contributed by atoms with van der Waals surface area (Å²) in [6.07, 6.45) is 0. The topological polar surface area (TPSA) is 49.4 Å². The summed E-state index contributed by atoms with van der Waals surface area (Å²) in [6.45, 7) is 3.22. The first-order valence-electron chi connectivity index (χ1n) is 5.94. The van der Waals surface area contributed by atoms with E-state index in [-0.39, 0.29) is 12.4 Å². The molecule has 0 aromatic heterocycles. The van der Waals surface area contributed by atoms with Gasteiger partial charge in [0.15, 0.2) is 0 Å². The number of sulfonamides is 1. The number of benzene rings is 1. The van der Waals surface area contributed by atoms with Crippen LogP contribution < -0.4 is 5.32 Å². The van der Waals surface area contributed by atoms with Crippen LogP contribution in [0.3, 0.4) is 0 Å². The molecule has 1 aromatic carbocycles. The van der Waals surface area contributed by atoms with Crippen LogP contribution in [-0.4, -0.2) is 38.9 Å². The van der Waals surface area contributed by atoms with Crippen LogP contribution in [0.2, 0.25) is 0 Å². The average Bonchev–Trinajstić information content (AvgIpc) is 2.90. The van der Waals surface area contributed by atoms with Crippen molar-refractivity contribution in [2.75, 3.05) is 26.2 Å². The van der Waals surface area contributed by atoms with Gasteiger partial charge in [-0.3, -0.25) is 0 Å². The van der Waals surface area contributed by atoms with E-state index in [1.54, 1.807) is 28.6 Å². The predicted molar refractivity (Wildman–Crippen MR) is 72.3 cm³/mol. The molecule has 0 saturated carbocycles. The number of fused-ring (bicyclic) bond motifs is 1. The fourth-order valence-corrected chi connectivity index (χ4v) is 4.32. The van der Waals surface area contributed by atoms with Crippen molar-refractivity contribution in [1.29, 1.82) is 0 Å². The highest BCUT2D eigenvalue weighted by Gasteiger charge is 2.41. The molecule has 0 bridgehead atoms. The quantitative estimate of drug-likeness (QED) is 0.881. The van der Waals surface area contributed by atoms with Crippen LogP contribution in [0.25, 0.3) is 0 Å². The molecule has 2 fully saturated rings. The van der Waals surface area contributed by atoms with E-state index in [4.69, 9.17) is 0 Å². The Morgan fingerprint density at radius 1 is 1.06 bits per heavy atom. The first-order valence-corrected chi connectivity index (χ1v) is 7.38. The molecule has 2 atom stereocenters. The van der Waals surface area contributed by atoms with Gasteiger partial charge in [0.25, 0.3) is 0 Å². The molecule has 0 spiro atoms. The maximum absolute atomic E-state index is 12.4. The molecule has 1 N–H and O–H groups in total. The number of hydrogen-bond donors (Lipinski definition) is 1. The third-order valence-corrected chi connectivity index (χ3v) is 5.58. The summed E-state index contributed by atoms with van der Waals surface area (Å²) >= 11 is 0. The summed E-state index contributed by atoms with van der Waals surface area (Å²) in [4.78, 5) is 0.410. The first-order chi connectivity index (χ1) is 8.18. The molecule has 2 aliphatic heterocycles. The van der Waals surface area contributed by atoms with Gasteiger partial charge in [-0.25, -0.2) is 8.42 Å². The smallest absolute Gasteiger partial charge is 0.243 e. The van der Waals surface area contributed by atoms with Crippen molar-refractivity contribution in [2.45, 2.75) is 4.90 Å². The Balaban J connectivity index is 0.00000120. The number of nitrogens with one attached hydrogen (secondary N) is 1. The van der Waals surface area contributed by atoms with Crippen molar-refractivity contribution in [1.82, 2.24) is 9.62 Å². The lowest BCUT2D eigenvalue weighted by atomic mass is 10.0. The van der Waals surface area contributed by atoms with Gasteiger partial charge in [0.05, 0.1) is 4.90 Å². The van der Waals surface area contributed by atoms with Gasteiger partial charge in [0.2, 0.25) is 10.0 Å². The molecule has 2 heterocycles. The molecule has 3 rings (SSSR count). The van der Waals surface area contributed by atoms with E-state index in [0.29, 0.717) is 29.8 Å². The Kier molecular flexibility index (Phi) is 3.96. The molecule has 2 aliphatic rings. The maximum Gasteiger partial charge on any atom is 0.243 e. The molecule has 1 aromatic rings. The predicted octanol–water partition coefficient (Wildman–Crippen LogP) is 0.948. The van der Waals surface area contributed by atoms with E-state index < -0.39 is 10.0 Å². The summed E-state index contributed by atoms with van der Waals surface area (Å²) < 4.78 is 26.4. The lowest BCUT2D eigenvalue weighted by Crippen LogP contribution is -2.31. The van der Waals surface area contributed by atoms with Gasteiger partial charge in [0, 0.05) is 13.1 Å². The normalized spacial score (nSPS) is 27.8. The van der Waals surface area contributed by atoms with Crippen LogP contribution >= 0.6 is 12.4 Å². The second-order valence-electron chi connectivity index (χ2n) is 4.81. The minimum atomic E-state index is -3.28. The molecule has 0 radical (unpaired) electrons. The maximum atomic E-state index is 12.4. The lowest BCUT2D eigenvalue weighted by molar-refractivity contribution is 0.448. The zero-order chi connectivity index (χ0) is 11.9. The summed E-state index contributed by atoms with van der Waals surface area (Å²) in [5, 5.41) is 3.31. The Hall–Kier alpha value is -0.620. The summed E-state index contributed by atoms with van der Waals surface area (Å²) in [5.41, 5.74) is 0. The van der Waals surface area contributed by atoms with Crippen LogP contribution in [0.4, 0.5) is 0 Å². The lowest BCUT2D eigenvalue weighted by Gasteiger charge is -2.17. The van der Waals surface area contributed by atoms with E-state index in [9.17, 15) is 8.42 Å². The second-order valence-corrected chi connectivity index (χ2v) is 6.75. The van der Waals surface area contributed by atoms with Crippen LogP contribution in [0.15, 0.2) is 35.2 Å². The number of nitrogens with zero attached hydrogens (tertiary/aromatic N) is 1. The minimum absolute atomic E-state index is 0. The van der Waals surface area contributed by atoms with Gasteiger partial charge in [-0.2, -0.15) is 4.31 Å². The number of rotatable bonds is 2. The van der Waals surface area contributed by atoms with Crippen molar-refractivity contribution in [2.24, 2.45) is 11.8 Å². The van der Waals surface area contributed by atoms with Gasteiger partial charge >= 0.3 is 0 Å². The number of hydrogen-bond acceptors (Lipinski definition) is 3. The van der Waals surface area contributed by atoms with E-state index in [2.05, 4.69) is 5.32 Å². The van der Waals surface area contributed by atoms with E-state index in [1.165, 1.54) is 0 Å². The fraction of sp³-hybridized carbons (Fsp3) is 0.500. The second kappa shape index (κ2) is 5.17. The van der Waals surface area contributed by atoms with Crippen LogP contribution in [0.5, 0.6) is 0 Å². The zero-order valence-corrected chi connectivity index (χ0v) is 11.6. The van der Waals surface area contributed by atoms with Crippen molar-refractivity contribution < 1.29 is 8.42 Å². The third-order valence-electron chi connectivity index (χ3n) is 3.74. The molecule has 0 unspecified atom stereocenters. The molecular formula is C12H17ClN2O2S. The highest BCUT2D eigenvalue weighted by Crippen LogP contribution is 2.30. The van der Waals surface area contributed by atoms with Crippen molar-refractivity contribution in [3.05, 3.63) is 30.3 Å². The van der Waals surface area contributed by atoms with Gasteiger partial charge in [-0.15, -0.1) is 12.4 Å². The van der Waals surface area contributed by atoms with Crippen LogP contribution in [0.1, 0.15) is 0 Å². The van der Waals surface area contributed by atoms with Gasteiger partial charge < -0.3 is 5.32 Å². The molecule has 2 saturated heterocycles. The third kappa shape index (κ3) is 2.28. The molecule has 100 valence electrons. The average molecular weight is 289 g/mol. The Morgan fingerprint density at radius 3 is 2.17 bits per heavy atom. The largest absolute Gasteiger partial charge is 0.316 e. The fourth-order valence-electron chi connectivity index (χ4n) is 2.75. The van der Waals surface area contributed by atoms with E-state index >= 15 is 0 Å². The monoisotopic (exact) mass is 288 g/mol. The zero-order valence-electron chi connectivity index (χ0n) is 9.95. The highest BCUT2D eigenvalue weighted by atomic mass is 35.5. The summed E-state index contributed by atoms with van der Waals surface area (Å²) in [6, 6.07) is 8.71. The van der Waals surface area contributed by atoms with Crippen molar-refractivity contribution in [3.63, 3.8) is 0 Å². The van der Waals surface area contributed by atoms with Gasteiger partial charge in [-0.05, 0) is 37.1 Å². The minimum Gasteiger partial charge on any atom is -0.316 e. The molecule has 6 heteroatoms. The van der Waals surface area contributed by atoms with E-state index in [0.717, 1.165) is 13.1 Å². The number of halogens is 1. The molecule has 18 heavy (non-hydrogen) atoms. The molecule has 0 amide bonds. The van der Waals surface area contributed by atoms with Crippen molar-refractivity contribution >= 4 is 22.4 Å². The molecule has 4 nitrogen and oxygen atoms in total. The Labute approximate surface area is 114 Å². The first kappa shape index (κ1) is 13.8. The SMILES string of the molecule is Cl.O=S(=O)(c1ccccc1)N1C[C@H]2CNC[C@H]2C1. The highest BCUT2D eigenvalue weighted by molar-refractivity contribution is 7.89. The molecular weight excluding hydrogens is 272 g/mol. The van der Waals surface area contributed by atoms with Crippen LogP contribution in [-0.2, 0) is 10.0 Å². The van der Waals surface area contributed by atoms with Gasteiger partial charge in [0.1, 0.15) is 0 Å². The van der Waals surface area contributed by atoms with Crippen molar-refractivity contribution in [3.8, 4) is 0 Å². The standard InChI is InChI=1S/C12H16N2O2S.ClH/c15-17(16,12-4-2-1-3-5-12)14-8-10-6-13-7-11(10)9-14;/h1-5,10-11,13H,6-9H2;1H/t10-,11+;. The van der Waals surface area contributed by atoms with Gasteiger partial charge in [-0.1, -0.05) is 18.2 Å².